The highest BCUT2D eigenvalue weighted by atomic mass is 32.2. The summed E-state index contributed by atoms with van der Waals surface area (Å²) < 4.78 is 57.2. The standard InChI is InChI=1S/C22H29F3N2O3S2/c1-11(2)14-7-13(20(24)25)8-15(12(3)4)16(14)9-19(28)27-32(26,30)21-17(23)10-18(31-21)22(5,6)29/h7-8,10-12,20,29H,9H2,1-6H3,(H2,26,27,28,30). The van der Waals surface area contributed by atoms with Crippen LogP contribution in [0.15, 0.2) is 26.8 Å². The maximum atomic E-state index is 14.4. The number of nitrogens with zero attached hydrogens (tertiary/aromatic N) is 1. The average molecular weight is 491 g/mol. The predicted molar refractivity (Wildman–Crippen MR) is 121 cm³/mol. The number of hydrogen-bond donors (Lipinski definition) is 2. The molecule has 2 rings (SSSR count). The molecule has 0 aliphatic rings. The highest BCUT2D eigenvalue weighted by Crippen LogP contribution is 2.35. The average Bonchev–Trinajstić information content (AvgIpc) is 3.03. The summed E-state index contributed by atoms with van der Waals surface area (Å²) in [7, 11) is -3.90. The maximum absolute atomic E-state index is 14.4. The molecule has 0 fully saturated rings. The predicted octanol–water partition coefficient (Wildman–Crippen LogP) is 5.77. The lowest BCUT2D eigenvalue weighted by atomic mass is 9.85. The molecule has 1 aromatic carbocycles. The topological polar surface area (TPSA) is 92.8 Å². The number of thiophene rings is 1. The Kier molecular flexibility index (Phi) is 7.97. The fourth-order valence-electron chi connectivity index (χ4n) is 3.33. The molecule has 0 aliphatic heterocycles. The van der Waals surface area contributed by atoms with E-state index in [4.69, 9.17) is 5.14 Å². The first-order valence-corrected chi connectivity index (χ1v) is 12.5. The van der Waals surface area contributed by atoms with Crippen LogP contribution < -0.4 is 5.14 Å². The number of carbonyl (C=O) groups excluding carboxylic acids is 1. The molecule has 1 aromatic heterocycles. The van der Waals surface area contributed by atoms with Crippen molar-refractivity contribution in [2.75, 3.05) is 0 Å². The Balaban J connectivity index is 2.54. The van der Waals surface area contributed by atoms with Crippen molar-refractivity contribution in [2.24, 2.45) is 9.50 Å². The second-order valence-electron chi connectivity index (χ2n) is 8.82. The Labute approximate surface area is 191 Å². The van der Waals surface area contributed by atoms with Crippen LogP contribution in [0.3, 0.4) is 0 Å². The smallest absolute Gasteiger partial charge is 0.263 e. The van der Waals surface area contributed by atoms with Crippen molar-refractivity contribution in [3.63, 3.8) is 0 Å². The number of carbonyl (C=O) groups is 1. The normalized spacial score (nSPS) is 14.3. The van der Waals surface area contributed by atoms with Crippen molar-refractivity contribution >= 4 is 27.2 Å². The highest BCUT2D eigenvalue weighted by Gasteiger charge is 2.27. The lowest BCUT2D eigenvalue weighted by Gasteiger charge is -2.21. The van der Waals surface area contributed by atoms with Crippen LogP contribution in [0.2, 0.25) is 0 Å². The van der Waals surface area contributed by atoms with E-state index in [1.807, 2.05) is 27.7 Å². The first kappa shape index (κ1) is 26.5. The molecule has 2 aromatic rings. The number of hydrogen-bond acceptors (Lipinski definition) is 4. The minimum absolute atomic E-state index is 0.132. The molecule has 0 saturated heterocycles. The van der Waals surface area contributed by atoms with E-state index in [9.17, 15) is 27.3 Å². The van der Waals surface area contributed by atoms with Crippen molar-refractivity contribution in [3.8, 4) is 0 Å². The third-order valence-corrected chi connectivity index (χ3v) is 8.31. The summed E-state index contributed by atoms with van der Waals surface area (Å²) in [5, 5.41) is 15.8. The number of amides is 1. The van der Waals surface area contributed by atoms with Gasteiger partial charge in [0.1, 0.15) is 0 Å². The Morgan fingerprint density at radius 3 is 2.03 bits per heavy atom. The minimum atomic E-state index is -3.90. The first-order valence-electron chi connectivity index (χ1n) is 10.1. The van der Waals surface area contributed by atoms with E-state index in [1.54, 1.807) is 0 Å². The van der Waals surface area contributed by atoms with Crippen LogP contribution >= 0.6 is 11.3 Å². The zero-order valence-electron chi connectivity index (χ0n) is 18.9. The van der Waals surface area contributed by atoms with Gasteiger partial charge in [-0.25, -0.2) is 22.5 Å². The van der Waals surface area contributed by atoms with E-state index in [2.05, 4.69) is 4.36 Å². The van der Waals surface area contributed by atoms with Crippen LogP contribution in [0.5, 0.6) is 0 Å². The van der Waals surface area contributed by atoms with E-state index >= 15 is 0 Å². The Bertz CT molecular complexity index is 1100. The monoisotopic (exact) mass is 490 g/mol. The molecule has 5 nitrogen and oxygen atoms in total. The van der Waals surface area contributed by atoms with Gasteiger partial charge in [-0.1, -0.05) is 27.7 Å². The molecule has 10 heteroatoms. The van der Waals surface area contributed by atoms with Crippen LogP contribution in [0.25, 0.3) is 0 Å². The van der Waals surface area contributed by atoms with Crippen LogP contribution in [0.4, 0.5) is 13.2 Å². The molecule has 178 valence electrons. The van der Waals surface area contributed by atoms with Gasteiger partial charge in [0.05, 0.1) is 12.0 Å². The van der Waals surface area contributed by atoms with E-state index in [1.165, 1.54) is 26.0 Å². The number of rotatable bonds is 7. The van der Waals surface area contributed by atoms with E-state index < -0.39 is 37.9 Å². The molecule has 0 saturated carbocycles. The molecule has 1 atom stereocenters. The number of nitrogens with two attached hydrogens (primary N) is 1. The van der Waals surface area contributed by atoms with Gasteiger partial charge in [0.2, 0.25) is 0 Å². The molecule has 1 amide bonds. The molecular formula is C22H29F3N2O3S2. The minimum Gasteiger partial charge on any atom is -0.385 e. The van der Waals surface area contributed by atoms with Gasteiger partial charge in [0.15, 0.2) is 19.9 Å². The lowest BCUT2D eigenvalue weighted by Crippen LogP contribution is -2.17. The summed E-state index contributed by atoms with van der Waals surface area (Å²) in [5.41, 5.74) is 0.171. The Morgan fingerprint density at radius 2 is 1.66 bits per heavy atom. The van der Waals surface area contributed by atoms with Gasteiger partial charge in [0.25, 0.3) is 12.3 Å². The van der Waals surface area contributed by atoms with E-state index in [0.717, 1.165) is 6.07 Å². The summed E-state index contributed by atoms with van der Waals surface area (Å²) in [6, 6.07) is 3.76. The second kappa shape index (κ2) is 9.62. The fraction of sp³-hybridized carbons (Fsp3) is 0.500. The van der Waals surface area contributed by atoms with Gasteiger partial charge in [-0.15, -0.1) is 15.7 Å². The SMILES string of the molecule is CC(C)c1cc(C(F)F)cc(C(C)C)c1CC(=O)N=S(N)(=O)c1sc(C(C)(C)O)cc1F. The Morgan fingerprint density at radius 1 is 1.16 bits per heavy atom. The summed E-state index contributed by atoms with van der Waals surface area (Å²) in [6.45, 7) is 10.2. The summed E-state index contributed by atoms with van der Waals surface area (Å²) in [4.78, 5) is 12.9. The van der Waals surface area contributed by atoms with Gasteiger partial charge in [-0.2, -0.15) is 0 Å². The zero-order chi connectivity index (χ0) is 24.6. The van der Waals surface area contributed by atoms with Crippen molar-refractivity contribution in [3.05, 3.63) is 51.1 Å². The van der Waals surface area contributed by atoms with E-state index in [-0.39, 0.29) is 28.7 Å². The molecule has 0 radical (unpaired) electrons. The molecule has 1 unspecified atom stereocenters. The lowest BCUT2D eigenvalue weighted by molar-refractivity contribution is -0.117. The second-order valence-corrected chi connectivity index (χ2v) is 11.9. The van der Waals surface area contributed by atoms with Gasteiger partial charge in [-0.3, -0.25) is 4.79 Å². The van der Waals surface area contributed by atoms with Gasteiger partial charge < -0.3 is 5.11 Å². The van der Waals surface area contributed by atoms with Gasteiger partial charge in [-0.05, 0) is 60.6 Å². The third kappa shape index (κ3) is 5.98. The molecular weight excluding hydrogens is 461 g/mol. The van der Waals surface area contributed by atoms with E-state index in [0.29, 0.717) is 28.0 Å². The molecule has 0 spiro atoms. The number of aliphatic hydroxyl groups is 1. The van der Waals surface area contributed by atoms with Crippen LogP contribution in [-0.2, 0) is 26.7 Å². The van der Waals surface area contributed by atoms with Gasteiger partial charge in [0, 0.05) is 10.4 Å². The maximum Gasteiger partial charge on any atom is 0.263 e. The van der Waals surface area contributed by atoms with Crippen LogP contribution in [0.1, 0.15) is 86.9 Å². The first-order chi connectivity index (χ1) is 14.5. The molecule has 0 aliphatic carbocycles. The van der Waals surface area contributed by atoms with Crippen molar-refractivity contribution in [1.82, 2.24) is 0 Å². The van der Waals surface area contributed by atoms with Crippen molar-refractivity contribution < 1.29 is 27.3 Å². The number of halogens is 3. The number of benzene rings is 1. The quantitative estimate of drug-likeness (QED) is 0.516. The summed E-state index contributed by atoms with van der Waals surface area (Å²) in [5.74, 6) is -2.06. The molecule has 0 bridgehead atoms. The Hall–Kier alpha value is -1.75. The van der Waals surface area contributed by atoms with Crippen LogP contribution in [-0.4, -0.2) is 15.2 Å². The zero-order valence-corrected chi connectivity index (χ0v) is 20.5. The fourth-order valence-corrected chi connectivity index (χ4v) is 5.75. The van der Waals surface area contributed by atoms with Crippen molar-refractivity contribution in [1.29, 1.82) is 0 Å². The van der Waals surface area contributed by atoms with Crippen molar-refractivity contribution in [2.45, 2.75) is 76.0 Å². The highest BCUT2D eigenvalue weighted by molar-refractivity contribution is 7.93. The third-order valence-electron chi connectivity index (χ3n) is 4.93. The molecule has 32 heavy (non-hydrogen) atoms. The largest absolute Gasteiger partial charge is 0.385 e. The molecule has 3 N–H and O–H groups in total. The number of alkyl halides is 2. The molecule has 1 heterocycles. The summed E-state index contributed by atoms with van der Waals surface area (Å²) >= 11 is 0.688. The summed E-state index contributed by atoms with van der Waals surface area (Å²) in [6.07, 6.45) is -2.96. The van der Waals surface area contributed by atoms with Gasteiger partial charge >= 0.3 is 0 Å². The van der Waals surface area contributed by atoms with Crippen LogP contribution in [0, 0.1) is 5.82 Å².